The van der Waals surface area contributed by atoms with Gasteiger partial charge in [-0.2, -0.15) is 0 Å². The van der Waals surface area contributed by atoms with Crippen LogP contribution in [0.4, 0.5) is 0 Å². The van der Waals surface area contributed by atoms with E-state index >= 15 is 0 Å². The Morgan fingerprint density at radius 1 is 1.04 bits per heavy atom. The minimum atomic E-state index is 0.0605. The topological polar surface area (TPSA) is 46.1 Å². The SMILES string of the molecule is CSc1ccc(CN(C)C(=O)CSc2nc(C)cc(-c3ccccc3)n2)cc1. The number of amides is 1. The summed E-state index contributed by atoms with van der Waals surface area (Å²) in [4.78, 5) is 24.6. The molecule has 6 heteroatoms. The molecule has 0 N–H and O–H groups in total. The van der Waals surface area contributed by atoms with Crippen LogP contribution in [0.25, 0.3) is 11.3 Å². The summed E-state index contributed by atoms with van der Waals surface area (Å²) in [5.74, 6) is 0.377. The predicted octanol–water partition coefficient (Wildman–Crippen LogP) is 4.92. The number of nitrogens with zero attached hydrogens (tertiary/aromatic N) is 3. The van der Waals surface area contributed by atoms with E-state index in [1.807, 2.05) is 50.4 Å². The van der Waals surface area contributed by atoms with Crippen LogP contribution in [-0.2, 0) is 11.3 Å². The highest BCUT2D eigenvalue weighted by Crippen LogP contribution is 2.22. The third kappa shape index (κ3) is 5.59. The summed E-state index contributed by atoms with van der Waals surface area (Å²) in [5, 5.41) is 0.630. The molecule has 3 rings (SSSR count). The molecule has 0 bridgehead atoms. The number of rotatable bonds is 7. The summed E-state index contributed by atoms with van der Waals surface area (Å²) in [6.45, 7) is 2.54. The standard InChI is InChI=1S/C22H23N3OS2/c1-16-13-20(18-7-5-4-6-8-18)24-22(23-16)28-15-21(26)25(2)14-17-9-11-19(27-3)12-10-17/h4-13H,14-15H2,1-3H3. The van der Waals surface area contributed by atoms with Crippen LogP contribution in [0.3, 0.4) is 0 Å². The Balaban J connectivity index is 1.61. The molecule has 0 unspecified atom stereocenters. The van der Waals surface area contributed by atoms with Gasteiger partial charge in [0.05, 0.1) is 11.4 Å². The molecule has 0 spiro atoms. The van der Waals surface area contributed by atoms with Crippen LogP contribution in [0.15, 0.2) is 70.7 Å². The zero-order valence-electron chi connectivity index (χ0n) is 16.3. The van der Waals surface area contributed by atoms with Crippen molar-refractivity contribution in [3.8, 4) is 11.3 Å². The van der Waals surface area contributed by atoms with E-state index in [0.717, 1.165) is 22.5 Å². The highest BCUT2D eigenvalue weighted by atomic mass is 32.2. The number of aromatic nitrogens is 2. The normalized spacial score (nSPS) is 10.7. The van der Waals surface area contributed by atoms with Crippen LogP contribution in [0.1, 0.15) is 11.3 Å². The van der Waals surface area contributed by atoms with E-state index in [1.54, 1.807) is 16.7 Å². The monoisotopic (exact) mass is 409 g/mol. The Bertz CT molecular complexity index is 930. The molecule has 4 nitrogen and oxygen atoms in total. The average molecular weight is 410 g/mol. The number of benzene rings is 2. The van der Waals surface area contributed by atoms with E-state index in [0.29, 0.717) is 17.5 Å². The zero-order valence-corrected chi connectivity index (χ0v) is 17.9. The maximum Gasteiger partial charge on any atom is 0.233 e. The number of carbonyl (C=O) groups excluding carboxylic acids is 1. The summed E-state index contributed by atoms with van der Waals surface area (Å²) in [6.07, 6.45) is 2.05. The molecule has 0 atom stereocenters. The first-order valence-electron chi connectivity index (χ1n) is 8.96. The van der Waals surface area contributed by atoms with Crippen molar-refractivity contribution >= 4 is 29.4 Å². The molecule has 0 fully saturated rings. The number of thioether (sulfide) groups is 2. The first-order chi connectivity index (χ1) is 13.5. The van der Waals surface area contributed by atoms with Crippen LogP contribution >= 0.6 is 23.5 Å². The summed E-state index contributed by atoms with van der Waals surface area (Å²) in [5.41, 5.74) is 3.94. The molecule has 144 valence electrons. The summed E-state index contributed by atoms with van der Waals surface area (Å²) < 4.78 is 0. The van der Waals surface area contributed by atoms with E-state index in [4.69, 9.17) is 0 Å². The number of hydrogen-bond donors (Lipinski definition) is 0. The molecule has 1 aromatic heterocycles. The molecule has 0 aliphatic rings. The lowest BCUT2D eigenvalue weighted by Crippen LogP contribution is -2.27. The maximum absolute atomic E-state index is 12.5. The molecule has 0 aliphatic heterocycles. The van der Waals surface area contributed by atoms with Gasteiger partial charge in [0.1, 0.15) is 0 Å². The fourth-order valence-corrected chi connectivity index (χ4v) is 3.94. The Morgan fingerprint density at radius 3 is 2.43 bits per heavy atom. The van der Waals surface area contributed by atoms with Gasteiger partial charge in [0.25, 0.3) is 0 Å². The van der Waals surface area contributed by atoms with Gasteiger partial charge in [0.2, 0.25) is 5.91 Å². The van der Waals surface area contributed by atoms with Gasteiger partial charge in [-0.05, 0) is 36.9 Å². The summed E-state index contributed by atoms with van der Waals surface area (Å²) in [7, 11) is 1.83. The zero-order chi connectivity index (χ0) is 19.9. The summed E-state index contributed by atoms with van der Waals surface area (Å²) >= 11 is 3.09. The van der Waals surface area contributed by atoms with E-state index in [1.165, 1.54) is 16.7 Å². The van der Waals surface area contributed by atoms with Crippen molar-refractivity contribution in [1.82, 2.24) is 14.9 Å². The first-order valence-corrected chi connectivity index (χ1v) is 11.2. The van der Waals surface area contributed by atoms with Gasteiger partial charge in [0.15, 0.2) is 5.16 Å². The Kier molecular flexibility index (Phi) is 7.12. The van der Waals surface area contributed by atoms with Crippen LogP contribution in [0.2, 0.25) is 0 Å². The van der Waals surface area contributed by atoms with Crippen LogP contribution in [0.5, 0.6) is 0 Å². The summed E-state index contributed by atoms with van der Waals surface area (Å²) in [6, 6.07) is 20.3. The van der Waals surface area contributed by atoms with Gasteiger partial charge < -0.3 is 4.90 Å². The van der Waals surface area contributed by atoms with Crippen molar-refractivity contribution in [3.63, 3.8) is 0 Å². The average Bonchev–Trinajstić information content (AvgIpc) is 2.72. The van der Waals surface area contributed by atoms with Crippen molar-refractivity contribution in [2.24, 2.45) is 0 Å². The lowest BCUT2D eigenvalue weighted by atomic mass is 10.1. The predicted molar refractivity (Wildman–Crippen MR) is 118 cm³/mol. The second-order valence-electron chi connectivity index (χ2n) is 6.43. The van der Waals surface area contributed by atoms with Crippen molar-refractivity contribution in [1.29, 1.82) is 0 Å². The number of hydrogen-bond acceptors (Lipinski definition) is 5. The fraction of sp³-hybridized carbons (Fsp3) is 0.227. The van der Waals surface area contributed by atoms with Crippen molar-refractivity contribution in [3.05, 3.63) is 71.9 Å². The van der Waals surface area contributed by atoms with Crippen molar-refractivity contribution < 1.29 is 4.79 Å². The van der Waals surface area contributed by atoms with Crippen LogP contribution in [-0.4, -0.2) is 39.8 Å². The van der Waals surface area contributed by atoms with Crippen molar-refractivity contribution in [2.45, 2.75) is 23.5 Å². The molecule has 1 amide bonds. The number of aryl methyl sites for hydroxylation is 1. The third-order valence-corrected chi connectivity index (χ3v) is 5.81. The second-order valence-corrected chi connectivity index (χ2v) is 8.25. The van der Waals surface area contributed by atoms with E-state index in [9.17, 15) is 4.79 Å². The Hall–Kier alpha value is -2.31. The molecule has 3 aromatic rings. The second kappa shape index (κ2) is 9.75. The first kappa shape index (κ1) is 20.4. The van der Waals surface area contributed by atoms with Gasteiger partial charge in [0, 0.05) is 29.7 Å². The van der Waals surface area contributed by atoms with Crippen LogP contribution < -0.4 is 0 Å². The quantitative estimate of drug-likeness (QED) is 0.409. The highest BCUT2D eigenvalue weighted by molar-refractivity contribution is 7.99. The minimum Gasteiger partial charge on any atom is -0.341 e. The largest absolute Gasteiger partial charge is 0.341 e. The van der Waals surface area contributed by atoms with E-state index in [-0.39, 0.29) is 5.91 Å². The lowest BCUT2D eigenvalue weighted by Gasteiger charge is -2.17. The van der Waals surface area contributed by atoms with Gasteiger partial charge in [-0.25, -0.2) is 9.97 Å². The highest BCUT2D eigenvalue weighted by Gasteiger charge is 2.12. The maximum atomic E-state index is 12.5. The molecular weight excluding hydrogens is 386 g/mol. The minimum absolute atomic E-state index is 0.0605. The molecular formula is C22H23N3OS2. The van der Waals surface area contributed by atoms with Gasteiger partial charge in [-0.3, -0.25) is 4.79 Å². The molecule has 1 heterocycles. The van der Waals surface area contributed by atoms with E-state index in [2.05, 4.69) is 40.5 Å². The number of carbonyl (C=O) groups is 1. The molecule has 2 aromatic carbocycles. The Morgan fingerprint density at radius 2 is 1.75 bits per heavy atom. The smallest absolute Gasteiger partial charge is 0.233 e. The molecule has 0 saturated heterocycles. The molecule has 0 saturated carbocycles. The van der Waals surface area contributed by atoms with Crippen LogP contribution in [0, 0.1) is 6.92 Å². The van der Waals surface area contributed by atoms with Crippen molar-refractivity contribution in [2.75, 3.05) is 19.1 Å². The van der Waals surface area contributed by atoms with Gasteiger partial charge in [-0.15, -0.1) is 11.8 Å². The molecule has 28 heavy (non-hydrogen) atoms. The lowest BCUT2D eigenvalue weighted by molar-refractivity contribution is -0.127. The van der Waals surface area contributed by atoms with E-state index < -0.39 is 0 Å². The van der Waals surface area contributed by atoms with Gasteiger partial charge in [-0.1, -0.05) is 54.2 Å². The Labute approximate surface area is 174 Å². The molecule has 0 aliphatic carbocycles. The van der Waals surface area contributed by atoms with Gasteiger partial charge >= 0.3 is 0 Å². The molecule has 0 radical (unpaired) electrons. The third-order valence-electron chi connectivity index (χ3n) is 4.23. The fourth-order valence-electron chi connectivity index (χ4n) is 2.69.